The minimum absolute atomic E-state index is 0.274. The molecular formula is C24H26N2O. The van der Waals surface area contributed by atoms with Gasteiger partial charge in [0.05, 0.1) is 0 Å². The molecule has 3 heteroatoms. The van der Waals surface area contributed by atoms with Crippen molar-refractivity contribution in [3.63, 3.8) is 0 Å². The molecule has 138 valence electrons. The molecule has 2 aromatic carbocycles. The number of H-pyrrole nitrogens is 1. The maximum atomic E-state index is 12.6. The predicted molar refractivity (Wildman–Crippen MR) is 112 cm³/mol. The van der Waals surface area contributed by atoms with E-state index in [-0.39, 0.29) is 5.91 Å². The second kappa shape index (κ2) is 7.83. The number of aryl methyl sites for hydroxylation is 2. The molecule has 1 aliphatic rings. The van der Waals surface area contributed by atoms with Gasteiger partial charge in [-0.3, -0.25) is 4.79 Å². The first-order valence-electron chi connectivity index (χ1n) is 9.81. The molecule has 4 rings (SSSR count). The fourth-order valence-electron chi connectivity index (χ4n) is 4.04. The van der Waals surface area contributed by atoms with Gasteiger partial charge in [-0.2, -0.15) is 0 Å². The van der Waals surface area contributed by atoms with Crippen LogP contribution in [0.25, 0.3) is 16.5 Å². The molecule has 3 nitrogen and oxygen atoms in total. The minimum atomic E-state index is 0.274. The van der Waals surface area contributed by atoms with Crippen molar-refractivity contribution in [3.8, 4) is 0 Å². The quantitative estimate of drug-likeness (QED) is 0.675. The number of fused-ring (bicyclic) bond motifs is 1. The third-order valence-corrected chi connectivity index (χ3v) is 5.55. The predicted octanol–water partition coefficient (Wildman–Crippen LogP) is 5.11. The van der Waals surface area contributed by atoms with Crippen molar-refractivity contribution >= 4 is 22.4 Å². The van der Waals surface area contributed by atoms with E-state index in [0.29, 0.717) is 6.42 Å². The summed E-state index contributed by atoms with van der Waals surface area (Å²) in [4.78, 5) is 18.0. The number of benzene rings is 2. The van der Waals surface area contributed by atoms with Crippen molar-refractivity contribution in [2.45, 2.75) is 32.6 Å². The van der Waals surface area contributed by atoms with Gasteiger partial charge in [-0.05, 0) is 49.0 Å². The minimum Gasteiger partial charge on any atom is -0.358 e. The number of amides is 1. The van der Waals surface area contributed by atoms with Gasteiger partial charge in [0.25, 0.3) is 0 Å². The Balaban J connectivity index is 1.32. The first-order valence-corrected chi connectivity index (χ1v) is 9.81. The average molecular weight is 358 g/mol. The van der Waals surface area contributed by atoms with Crippen molar-refractivity contribution < 1.29 is 4.79 Å². The van der Waals surface area contributed by atoms with Crippen LogP contribution in [0.4, 0.5) is 0 Å². The highest BCUT2D eigenvalue weighted by Gasteiger charge is 2.18. The molecule has 0 saturated carbocycles. The third kappa shape index (κ3) is 3.82. The van der Waals surface area contributed by atoms with Crippen LogP contribution in [0, 0.1) is 6.92 Å². The second-order valence-corrected chi connectivity index (χ2v) is 7.31. The Morgan fingerprint density at radius 1 is 1.07 bits per heavy atom. The van der Waals surface area contributed by atoms with Crippen LogP contribution < -0.4 is 0 Å². The van der Waals surface area contributed by atoms with Gasteiger partial charge in [-0.1, -0.05) is 54.6 Å². The van der Waals surface area contributed by atoms with E-state index in [9.17, 15) is 4.79 Å². The SMILES string of the molecule is Cc1[nH]c2ccccc2c1CCCC(=O)N1CC=C(c2ccccc2)CC1. The molecular weight excluding hydrogens is 332 g/mol. The van der Waals surface area contributed by atoms with Crippen LogP contribution in [0.15, 0.2) is 60.7 Å². The van der Waals surface area contributed by atoms with E-state index < -0.39 is 0 Å². The fourth-order valence-corrected chi connectivity index (χ4v) is 4.04. The normalized spacial score (nSPS) is 14.4. The number of aromatic amines is 1. The molecule has 2 heterocycles. The van der Waals surface area contributed by atoms with Crippen LogP contribution in [-0.2, 0) is 11.2 Å². The van der Waals surface area contributed by atoms with E-state index in [0.717, 1.165) is 32.4 Å². The van der Waals surface area contributed by atoms with Gasteiger partial charge < -0.3 is 9.88 Å². The second-order valence-electron chi connectivity index (χ2n) is 7.31. The number of carbonyl (C=O) groups excluding carboxylic acids is 1. The maximum Gasteiger partial charge on any atom is 0.222 e. The summed E-state index contributed by atoms with van der Waals surface area (Å²) >= 11 is 0. The third-order valence-electron chi connectivity index (χ3n) is 5.55. The summed E-state index contributed by atoms with van der Waals surface area (Å²) in [6.45, 7) is 3.68. The van der Waals surface area contributed by atoms with Gasteiger partial charge in [0, 0.05) is 36.1 Å². The number of nitrogens with one attached hydrogen (secondary N) is 1. The van der Waals surface area contributed by atoms with Crippen molar-refractivity contribution in [1.82, 2.24) is 9.88 Å². The number of hydrogen-bond donors (Lipinski definition) is 1. The Morgan fingerprint density at radius 3 is 2.63 bits per heavy atom. The highest BCUT2D eigenvalue weighted by Crippen LogP contribution is 2.25. The zero-order valence-corrected chi connectivity index (χ0v) is 15.9. The fraction of sp³-hybridized carbons (Fsp3) is 0.292. The number of hydrogen-bond acceptors (Lipinski definition) is 1. The molecule has 0 aliphatic carbocycles. The topological polar surface area (TPSA) is 36.1 Å². The van der Waals surface area contributed by atoms with Gasteiger partial charge in [-0.15, -0.1) is 0 Å². The lowest BCUT2D eigenvalue weighted by Gasteiger charge is -2.26. The molecule has 1 amide bonds. The number of rotatable bonds is 5. The van der Waals surface area contributed by atoms with E-state index in [1.54, 1.807) is 0 Å². The standard InChI is InChI=1S/C24H26N2O/c1-18-21(22-10-5-6-12-23(22)25-18)11-7-13-24(27)26-16-14-20(15-17-26)19-8-3-2-4-9-19/h2-6,8-10,12,14,25H,7,11,13,15-17H2,1H3. The number of para-hydroxylation sites is 1. The van der Waals surface area contributed by atoms with Gasteiger partial charge in [0.15, 0.2) is 0 Å². The summed E-state index contributed by atoms with van der Waals surface area (Å²) in [5, 5.41) is 1.29. The summed E-state index contributed by atoms with van der Waals surface area (Å²) in [7, 11) is 0. The summed E-state index contributed by atoms with van der Waals surface area (Å²) in [5.74, 6) is 0.274. The van der Waals surface area contributed by atoms with E-state index in [1.165, 1.54) is 33.3 Å². The molecule has 27 heavy (non-hydrogen) atoms. The van der Waals surface area contributed by atoms with Crippen molar-refractivity contribution in [2.75, 3.05) is 13.1 Å². The molecule has 3 aromatic rings. The molecule has 0 saturated heterocycles. The molecule has 0 bridgehead atoms. The first-order chi connectivity index (χ1) is 13.2. The number of carbonyl (C=O) groups is 1. The highest BCUT2D eigenvalue weighted by molar-refractivity contribution is 5.84. The molecule has 0 unspecified atom stereocenters. The lowest BCUT2D eigenvalue weighted by Crippen LogP contribution is -2.34. The van der Waals surface area contributed by atoms with Gasteiger partial charge in [-0.25, -0.2) is 0 Å². The van der Waals surface area contributed by atoms with Crippen LogP contribution in [0.5, 0.6) is 0 Å². The highest BCUT2D eigenvalue weighted by atomic mass is 16.2. The largest absolute Gasteiger partial charge is 0.358 e. The maximum absolute atomic E-state index is 12.6. The molecule has 1 aliphatic heterocycles. The Hall–Kier alpha value is -2.81. The zero-order valence-electron chi connectivity index (χ0n) is 15.9. The summed E-state index contributed by atoms with van der Waals surface area (Å²) in [5.41, 5.74) is 6.39. The van der Waals surface area contributed by atoms with Crippen molar-refractivity contribution in [2.24, 2.45) is 0 Å². The molecule has 0 spiro atoms. The summed E-state index contributed by atoms with van der Waals surface area (Å²) in [6.07, 6.45) is 5.61. The Bertz CT molecular complexity index is 968. The van der Waals surface area contributed by atoms with Crippen LogP contribution >= 0.6 is 0 Å². The monoisotopic (exact) mass is 358 g/mol. The molecule has 1 N–H and O–H groups in total. The molecule has 0 radical (unpaired) electrons. The van der Waals surface area contributed by atoms with E-state index >= 15 is 0 Å². The van der Waals surface area contributed by atoms with Gasteiger partial charge in [0.1, 0.15) is 0 Å². The summed E-state index contributed by atoms with van der Waals surface area (Å²) < 4.78 is 0. The van der Waals surface area contributed by atoms with Crippen LogP contribution in [-0.4, -0.2) is 28.9 Å². The Labute approximate surface area is 160 Å². The van der Waals surface area contributed by atoms with E-state index in [4.69, 9.17) is 0 Å². The number of aromatic nitrogens is 1. The van der Waals surface area contributed by atoms with Crippen molar-refractivity contribution in [3.05, 3.63) is 77.5 Å². The van der Waals surface area contributed by atoms with Crippen LogP contribution in [0.1, 0.15) is 36.1 Å². The Kier molecular flexibility index (Phi) is 5.10. The first kappa shape index (κ1) is 17.6. The smallest absolute Gasteiger partial charge is 0.222 e. The zero-order chi connectivity index (χ0) is 18.6. The summed E-state index contributed by atoms with van der Waals surface area (Å²) in [6, 6.07) is 18.9. The van der Waals surface area contributed by atoms with E-state index in [2.05, 4.69) is 66.5 Å². The molecule has 0 fully saturated rings. The van der Waals surface area contributed by atoms with Crippen LogP contribution in [0.3, 0.4) is 0 Å². The van der Waals surface area contributed by atoms with Crippen molar-refractivity contribution in [1.29, 1.82) is 0 Å². The van der Waals surface area contributed by atoms with Gasteiger partial charge in [0.2, 0.25) is 5.91 Å². The lowest BCUT2D eigenvalue weighted by atomic mass is 9.99. The average Bonchev–Trinajstić information content (AvgIpc) is 3.04. The van der Waals surface area contributed by atoms with Crippen LogP contribution in [0.2, 0.25) is 0 Å². The van der Waals surface area contributed by atoms with Gasteiger partial charge >= 0.3 is 0 Å². The molecule has 0 atom stereocenters. The van der Waals surface area contributed by atoms with E-state index in [1.807, 2.05) is 11.0 Å². The lowest BCUT2D eigenvalue weighted by molar-refractivity contribution is -0.130. The Morgan fingerprint density at radius 2 is 1.85 bits per heavy atom. The number of nitrogens with zero attached hydrogens (tertiary/aromatic N) is 1. The molecule has 1 aromatic heterocycles.